The van der Waals surface area contributed by atoms with Crippen molar-refractivity contribution in [3.63, 3.8) is 0 Å². The number of benzene rings is 2. The number of tetrazole rings is 1. The molecule has 2 heterocycles. The van der Waals surface area contributed by atoms with E-state index in [0.29, 0.717) is 12.4 Å². The van der Waals surface area contributed by atoms with Crippen LogP contribution in [0.5, 0.6) is 0 Å². The molecule has 1 aliphatic rings. The molecule has 0 saturated carbocycles. The van der Waals surface area contributed by atoms with E-state index in [-0.39, 0.29) is 12.5 Å². The van der Waals surface area contributed by atoms with Gasteiger partial charge in [-0.25, -0.2) is 0 Å². The van der Waals surface area contributed by atoms with E-state index in [1.807, 2.05) is 42.5 Å². The molecule has 1 N–H and O–H groups in total. The van der Waals surface area contributed by atoms with Crippen molar-refractivity contribution >= 4 is 5.91 Å². The molecule has 156 valence electrons. The standard InChI is InChI=1S/C23H28N6O/c1-18-11-13-28(14-12-18)16-20-7-9-21(10-8-20)23-25-27-29(26-23)17-22(30)24-15-19-5-3-2-4-6-19/h2-10,18H,11-17H2,1H3,(H,24,30). The molecule has 3 aromatic rings. The van der Waals surface area contributed by atoms with Crippen LogP contribution in [0.25, 0.3) is 11.4 Å². The lowest BCUT2D eigenvalue weighted by atomic mass is 9.99. The van der Waals surface area contributed by atoms with Crippen LogP contribution < -0.4 is 5.32 Å². The Morgan fingerprint density at radius 2 is 1.77 bits per heavy atom. The fourth-order valence-electron chi connectivity index (χ4n) is 3.64. The Morgan fingerprint density at radius 1 is 1.03 bits per heavy atom. The van der Waals surface area contributed by atoms with Gasteiger partial charge in [0, 0.05) is 18.7 Å². The number of aromatic nitrogens is 4. The van der Waals surface area contributed by atoms with Crippen molar-refractivity contribution in [1.29, 1.82) is 0 Å². The highest BCUT2D eigenvalue weighted by atomic mass is 16.2. The number of amides is 1. The molecule has 2 aromatic carbocycles. The third kappa shape index (κ3) is 5.51. The van der Waals surface area contributed by atoms with Crippen molar-refractivity contribution in [2.45, 2.75) is 39.4 Å². The summed E-state index contributed by atoms with van der Waals surface area (Å²) < 4.78 is 0. The van der Waals surface area contributed by atoms with Crippen molar-refractivity contribution in [2.24, 2.45) is 5.92 Å². The Balaban J connectivity index is 1.29. The molecule has 0 aliphatic carbocycles. The lowest BCUT2D eigenvalue weighted by Crippen LogP contribution is -2.32. The molecule has 0 bridgehead atoms. The Kier molecular flexibility index (Phi) is 6.49. The van der Waals surface area contributed by atoms with E-state index in [0.717, 1.165) is 23.6 Å². The maximum absolute atomic E-state index is 12.1. The Labute approximate surface area is 177 Å². The SMILES string of the molecule is CC1CCN(Cc2ccc(-c3nnn(CC(=O)NCc4ccccc4)n3)cc2)CC1. The highest BCUT2D eigenvalue weighted by molar-refractivity contribution is 5.75. The van der Waals surface area contributed by atoms with Crippen LogP contribution in [0.15, 0.2) is 54.6 Å². The Bertz CT molecular complexity index is 945. The molecule has 0 spiro atoms. The molecule has 7 heteroatoms. The summed E-state index contributed by atoms with van der Waals surface area (Å²) in [6.45, 7) is 6.19. The average molecular weight is 405 g/mol. The minimum absolute atomic E-state index is 0.0469. The van der Waals surface area contributed by atoms with Crippen LogP contribution in [0.4, 0.5) is 0 Å². The van der Waals surface area contributed by atoms with Gasteiger partial charge in [0.1, 0.15) is 6.54 Å². The zero-order valence-corrected chi connectivity index (χ0v) is 17.4. The van der Waals surface area contributed by atoms with Crippen LogP contribution in [-0.4, -0.2) is 44.1 Å². The zero-order valence-electron chi connectivity index (χ0n) is 17.4. The Hall–Kier alpha value is -3.06. The highest BCUT2D eigenvalue weighted by Crippen LogP contribution is 2.20. The predicted octanol–water partition coefficient (Wildman–Crippen LogP) is 2.89. The molecule has 1 amide bonds. The molecule has 1 fully saturated rings. The fraction of sp³-hybridized carbons (Fsp3) is 0.391. The van der Waals surface area contributed by atoms with E-state index in [2.05, 4.69) is 44.7 Å². The molecule has 0 unspecified atom stereocenters. The molecule has 1 aliphatic heterocycles. The molecule has 30 heavy (non-hydrogen) atoms. The minimum Gasteiger partial charge on any atom is -0.350 e. The third-order valence-electron chi connectivity index (χ3n) is 5.56. The van der Waals surface area contributed by atoms with Crippen LogP contribution in [0.3, 0.4) is 0 Å². The summed E-state index contributed by atoms with van der Waals surface area (Å²) in [5.74, 6) is 1.23. The highest BCUT2D eigenvalue weighted by Gasteiger charge is 2.16. The smallest absolute Gasteiger partial charge is 0.243 e. The van der Waals surface area contributed by atoms with Crippen LogP contribution in [0.1, 0.15) is 30.9 Å². The van der Waals surface area contributed by atoms with Crippen LogP contribution in [0, 0.1) is 5.92 Å². The molecule has 1 aromatic heterocycles. The first-order valence-electron chi connectivity index (χ1n) is 10.6. The number of hydrogen-bond acceptors (Lipinski definition) is 5. The summed E-state index contributed by atoms with van der Waals surface area (Å²) in [6.07, 6.45) is 2.56. The number of hydrogen-bond donors (Lipinski definition) is 1. The second-order valence-electron chi connectivity index (χ2n) is 8.06. The van der Waals surface area contributed by atoms with Gasteiger partial charge in [0.05, 0.1) is 0 Å². The lowest BCUT2D eigenvalue weighted by Gasteiger charge is -2.30. The van der Waals surface area contributed by atoms with Crippen LogP contribution in [0.2, 0.25) is 0 Å². The topological polar surface area (TPSA) is 75.9 Å². The van der Waals surface area contributed by atoms with Crippen molar-refractivity contribution in [3.8, 4) is 11.4 Å². The predicted molar refractivity (Wildman–Crippen MR) is 115 cm³/mol. The van der Waals surface area contributed by atoms with Crippen molar-refractivity contribution in [3.05, 3.63) is 65.7 Å². The molecular weight excluding hydrogens is 376 g/mol. The number of likely N-dealkylation sites (tertiary alicyclic amines) is 1. The quantitative estimate of drug-likeness (QED) is 0.655. The first-order valence-corrected chi connectivity index (χ1v) is 10.6. The second-order valence-corrected chi connectivity index (χ2v) is 8.06. The van der Waals surface area contributed by atoms with Crippen LogP contribution in [-0.2, 0) is 24.4 Å². The van der Waals surface area contributed by atoms with E-state index in [1.54, 1.807) is 0 Å². The number of rotatable bonds is 7. The van der Waals surface area contributed by atoms with Gasteiger partial charge in [-0.1, -0.05) is 61.5 Å². The molecule has 7 nitrogen and oxygen atoms in total. The van der Waals surface area contributed by atoms with Gasteiger partial charge in [-0.15, -0.1) is 10.2 Å². The number of carbonyl (C=O) groups excluding carboxylic acids is 1. The summed E-state index contributed by atoms with van der Waals surface area (Å²) in [5.41, 5.74) is 3.25. The van der Waals surface area contributed by atoms with Gasteiger partial charge in [-0.3, -0.25) is 9.69 Å². The zero-order chi connectivity index (χ0) is 20.8. The summed E-state index contributed by atoms with van der Waals surface area (Å²) in [5, 5.41) is 15.3. The normalized spacial score (nSPS) is 15.2. The maximum Gasteiger partial charge on any atom is 0.243 e. The summed E-state index contributed by atoms with van der Waals surface area (Å²) in [7, 11) is 0. The third-order valence-corrected chi connectivity index (χ3v) is 5.56. The molecule has 1 saturated heterocycles. The monoisotopic (exact) mass is 404 g/mol. The molecule has 0 atom stereocenters. The van der Waals surface area contributed by atoms with Gasteiger partial charge >= 0.3 is 0 Å². The van der Waals surface area contributed by atoms with Gasteiger partial charge in [0.15, 0.2) is 0 Å². The molecular formula is C23H28N6O. The van der Waals surface area contributed by atoms with Crippen molar-refractivity contribution in [1.82, 2.24) is 30.4 Å². The minimum atomic E-state index is -0.144. The molecule has 0 radical (unpaired) electrons. The van der Waals surface area contributed by atoms with Gasteiger partial charge in [0.2, 0.25) is 11.7 Å². The fourth-order valence-corrected chi connectivity index (χ4v) is 3.64. The maximum atomic E-state index is 12.1. The summed E-state index contributed by atoms with van der Waals surface area (Å²) in [4.78, 5) is 16.0. The van der Waals surface area contributed by atoms with Crippen LogP contribution >= 0.6 is 0 Å². The van der Waals surface area contributed by atoms with Gasteiger partial charge < -0.3 is 5.32 Å². The Morgan fingerprint density at radius 3 is 2.50 bits per heavy atom. The van der Waals surface area contributed by atoms with Gasteiger partial charge in [-0.05, 0) is 48.2 Å². The van der Waals surface area contributed by atoms with Gasteiger partial charge in [0.25, 0.3) is 0 Å². The van der Waals surface area contributed by atoms with E-state index in [4.69, 9.17) is 0 Å². The lowest BCUT2D eigenvalue weighted by molar-refractivity contribution is -0.122. The van der Waals surface area contributed by atoms with E-state index >= 15 is 0 Å². The second kappa shape index (κ2) is 9.63. The van der Waals surface area contributed by atoms with Crippen molar-refractivity contribution < 1.29 is 4.79 Å². The largest absolute Gasteiger partial charge is 0.350 e. The number of nitrogens with zero attached hydrogens (tertiary/aromatic N) is 5. The number of carbonyl (C=O) groups is 1. The van der Waals surface area contributed by atoms with E-state index in [1.165, 1.54) is 36.3 Å². The van der Waals surface area contributed by atoms with E-state index in [9.17, 15) is 4.79 Å². The number of piperidine rings is 1. The first kappa shape index (κ1) is 20.2. The summed E-state index contributed by atoms with van der Waals surface area (Å²) >= 11 is 0. The molecule has 4 rings (SSSR count). The average Bonchev–Trinajstić information content (AvgIpc) is 3.23. The summed E-state index contributed by atoms with van der Waals surface area (Å²) in [6, 6.07) is 18.1. The first-order chi connectivity index (χ1) is 14.7. The van der Waals surface area contributed by atoms with E-state index < -0.39 is 0 Å². The van der Waals surface area contributed by atoms with Crippen molar-refractivity contribution in [2.75, 3.05) is 13.1 Å². The number of nitrogens with one attached hydrogen (secondary N) is 1. The van der Waals surface area contributed by atoms with Gasteiger partial charge in [-0.2, -0.15) is 4.80 Å².